The van der Waals surface area contributed by atoms with Crippen molar-refractivity contribution in [2.24, 2.45) is 0 Å². The van der Waals surface area contributed by atoms with Crippen molar-refractivity contribution in [2.75, 3.05) is 12.4 Å². The van der Waals surface area contributed by atoms with Crippen LogP contribution < -0.4 is 15.4 Å². The molecule has 1 aliphatic carbocycles. The zero-order chi connectivity index (χ0) is 16.2. The van der Waals surface area contributed by atoms with Gasteiger partial charge in [0.2, 0.25) is 0 Å². The first-order chi connectivity index (χ1) is 11.2. The average Bonchev–Trinajstić information content (AvgIpc) is 3.34. The molecule has 0 amide bonds. The lowest BCUT2D eigenvalue weighted by Gasteiger charge is -2.11. The quantitative estimate of drug-likeness (QED) is 0.818. The molecule has 2 N–H and O–H groups in total. The van der Waals surface area contributed by atoms with Crippen molar-refractivity contribution in [3.63, 3.8) is 0 Å². The molecule has 2 heterocycles. The number of anilines is 1. The summed E-state index contributed by atoms with van der Waals surface area (Å²) >= 11 is 5.27. The molecule has 1 fully saturated rings. The molecule has 0 aromatic carbocycles. The smallest absolute Gasteiger partial charge is 0.183 e. The molecule has 23 heavy (non-hydrogen) atoms. The molecule has 2 aromatic rings. The maximum atomic E-state index is 9.00. The molecule has 0 radical (unpaired) electrons. The lowest BCUT2D eigenvalue weighted by Crippen LogP contribution is -2.31. The summed E-state index contributed by atoms with van der Waals surface area (Å²) in [5, 5.41) is 15.5. The van der Waals surface area contributed by atoms with Crippen molar-refractivity contribution in [3.8, 4) is 11.8 Å². The Morgan fingerprint density at radius 3 is 2.96 bits per heavy atom. The van der Waals surface area contributed by atoms with Crippen LogP contribution in [0.2, 0.25) is 0 Å². The minimum absolute atomic E-state index is 0.181. The molecule has 8 heteroatoms. The summed E-state index contributed by atoms with van der Waals surface area (Å²) in [6.45, 7) is 0. The Hall–Kier alpha value is -2.79. The van der Waals surface area contributed by atoms with Crippen molar-refractivity contribution >= 4 is 23.1 Å². The van der Waals surface area contributed by atoms with Crippen LogP contribution in [0.15, 0.2) is 30.7 Å². The van der Waals surface area contributed by atoms with E-state index < -0.39 is 0 Å². The number of hydrogen-bond acceptors (Lipinski definition) is 6. The first-order valence-corrected chi connectivity index (χ1v) is 7.41. The number of aromatic nitrogens is 3. The summed E-state index contributed by atoms with van der Waals surface area (Å²) in [6, 6.07) is 5.89. The molecule has 7 nitrogen and oxygen atoms in total. The van der Waals surface area contributed by atoms with Crippen LogP contribution in [0.25, 0.3) is 0 Å². The van der Waals surface area contributed by atoms with Gasteiger partial charge in [-0.25, -0.2) is 9.97 Å². The van der Waals surface area contributed by atoms with E-state index in [0.717, 1.165) is 17.9 Å². The van der Waals surface area contributed by atoms with Crippen LogP contribution in [-0.2, 0) is 0 Å². The molecule has 2 atom stereocenters. The Kier molecular flexibility index (Phi) is 4.30. The number of rotatable bonds is 4. The van der Waals surface area contributed by atoms with Crippen LogP contribution in [0.1, 0.15) is 23.7 Å². The van der Waals surface area contributed by atoms with Gasteiger partial charge in [-0.1, -0.05) is 0 Å². The van der Waals surface area contributed by atoms with E-state index in [2.05, 4.69) is 25.6 Å². The fraction of sp³-hybridized carbons (Fsp3) is 0.267. The monoisotopic (exact) mass is 326 g/mol. The van der Waals surface area contributed by atoms with Gasteiger partial charge in [-0.05, 0) is 30.8 Å². The fourth-order valence-electron chi connectivity index (χ4n) is 2.33. The van der Waals surface area contributed by atoms with Crippen LogP contribution in [0.5, 0.6) is 5.75 Å². The zero-order valence-corrected chi connectivity index (χ0v) is 13.2. The van der Waals surface area contributed by atoms with Crippen molar-refractivity contribution in [2.45, 2.75) is 18.4 Å². The van der Waals surface area contributed by atoms with E-state index in [1.54, 1.807) is 13.3 Å². The van der Waals surface area contributed by atoms with Crippen LogP contribution in [0.3, 0.4) is 0 Å². The highest BCUT2D eigenvalue weighted by atomic mass is 32.1. The number of nitrogens with one attached hydrogen (secondary N) is 2. The van der Waals surface area contributed by atoms with E-state index in [1.807, 2.05) is 18.2 Å². The summed E-state index contributed by atoms with van der Waals surface area (Å²) in [4.78, 5) is 12.4. The Morgan fingerprint density at radius 1 is 1.35 bits per heavy atom. The summed E-state index contributed by atoms with van der Waals surface area (Å²) in [7, 11) is 1.63. The Labute approximate surface area is 138 Å². The van der Waals surface area contributed by atoms with Gasteiger partial charge in [-0.2, -0.15) is 5.26 Å². The molecule has 0 spiro atoms. The van der Waals surface area contributed by atoms with E-state index in [-0.39, 0.29) is 17.7 Å². The van der Waals surface area contributed by atoms with Gasteiger partial charge in [-0.15, -0.1) is 0 Å². The largest absolute Gasteiger partial charge is 0.495 e. The van der Waals surface area contributed by atoms with E-state index in [0.29, 0.717) is 10.9 Å². The van der Waals surface area contributed by atoms with Crippen molar-refractivity contribution in [3.05, 3.63) is 42.1 Å². The van der Waals surface area contributed by atoms with E-state index in [1.165, 1.54) is 12.4 Å². The van der Waals surface area contributed by atoms with Gasteiger partial charge < -0.3 is 15.4 Å². The Morgan fingerprint density at radius 2 is 2.17 bits per heavy atom. The number of ether oxygens (including phenoxy) is 1. The van der Waals surface area contributed by atoms with Crippen LogP contribution in [0.4, 0.5) is 5.82 Å². The van der Waals surface area contributed by atoms with Gasteiger partial charge in [0.25, 0.3) is 0 Å². The normalized spacial score (nSPS) is 18.6. The SMILES string of the molecule is COc1cccnc1C1CC1NC(=S)Nc1nccnc1C#N. The van der Waals surface area contributed by atoms with Crippen LogP contribution in [-0.4, -0.2) is 33.2 Å². The molecule has 0 bridgehead atoms. The molecular formula is C15H14N6OS. The zero-order valence-electron chi connectivity index (χ0n) is 12.4. The number of nitriles is 1. The molecule has 116 valence electrons. The third-order valence-electron chi connectivity index (χ3n) is 3.51. The van der Waals surface area contributed by atoms with Gasteiger partial charge in [0, 0.05) is 30.6 Å². The lowest BCUT2D eigenvalue weighted by molar-refractivity contribution is 0.406. The molecule has 2 aromatic heterocycles. The second kappa shape index (κ2) is 6.54. The van der Waals surface area contributed by atoms with Gasteiger partial charge in [0.1, 0.15) is 11.8 Å². The molecule has 2 unspecified atom stereocenters. The topological polar surface area (TPSA) is 95.8 Å². The fourth-order valence-corrected chi connectivity index (χ4v) is 2.58. The number of thiocarbonyl (C=S) groups is 1. The predicted molar refractivity (Wildman–Crippen MR) is 88.0 cm³/mol. The molecule has 1 saturated carbocycles. The molecule has 3 rings (SSSR count). The van der Waals surface area contributed by atoms with Crippen LogP contribution >= 0.6 is 12.2 Å². The first-order valence-electron chi connectivity index (χ1n) is 7.00. The third-order valence-corrected chi connectivity index (χ3v) is 3.73. The lowest BCUT2D eigenvalue weighted by atomic mass is 10.2. The van der Waals surface area contributed by atoms with E-state index in [4.69, 9.17) is 22.2 Å². The highest BCUT2D eigenvalue weighted by Gasteiger charge is 2.41. The minimum Gasteiger partial charge on any atom is -0.495 e. The van der Waals surface area contributed by atoms with E-state index in [9.17, 15) is 0 Å². The number of hydrogen-bond donors (Lipinski definition) is 2. The first kappa shape index (κ1) is 15.1. The maximum absolute atomic E-state index is 9.00. The van der Waals surface area contributed by atoms with Crippen molar-refractivity contribution < 1.29 is 4.74 Å². The van der Waals surface area contributed by atoms with E-state index >= 15 is 0 Å². The minimum atomic E-state index is 0.181. The third kappa shape index (κ3) is 3.35. The Bertz CT molecular complexity index is 775. The standard InChI is InChI=1S/C15H14N6OS/c1-22-12-3-2-4-18-13(12)9-7-10(9)20-15(23)21-14-11(8-16)17-5-6-19-14/h2-6,9-10H,7H2,1H3,(H2,19,20,21,23). The van der Waals surface area contributed by atoms with Gasteiger partial charge >= 0.3 is 0 Å². The van der Waals surface area contributed by atoms with Crippen LogP contribution in [0, 0.1) is 11.3 Å². The van der Waals surface area contributed by atoms with Crippen molar-refractivity contribution in [1.29, 1.82) is 5.26 Å². The maximum Gasteiger partial charge on any atom is 0.183 e. The average molecular weight is 326 g/mol. The summed E-state index contributed by atoms with van der Waals surface area (Å²) in [5.41, 5.74) is 1.13. The predicted octanol–water partition coefficient (Wildman–Crippen LogP) is 1.59. The summed E-state index contributed by atoms with van der Waals surface area (Å²) < 4.78 is 5.33. The highest BCUT2D eigenvalue weighted by Crippen LogP contribution is 2.43. The summed E-state index contributed by atoms with van der Waals surface area (Å²) in [5.74, 6) is 1.38. The van der Waals surface area contributed by atoms with Gasteiger partial charge in [-0.3, -0.25) is 4.98 Å². The number of pyridine rings is 1. The molecular weight excluding hydrogens is 312 g/mol. The van der Waals surface area contributed by atoms with Gasteiger partial charge in [0.15, 0.2) is 16.6 Å². The molecule has 0 aliphatic heterocycles. The summed E-state index contributed by atoms with van der Waals surface area (Å²) in [6.07, 6.45) is 5.64. The van der Waals surface area contributed by atoms with Gasteiger partial charge in [0.05, 0.1) is 12.8 Å². The number of nitrogens with zero attached hydrogens (tertiary/aromatic N) is 4. The second-order valence-electron chi connectivity index (χ2n) is 5.00. The molecule has 0 saturated heterocycles. The Balaban J connectivity index is 1.61. The van der Waals surface area contributed by atoms with Crippen molar-refractivity contribution in [1.82, 2.24) is 20.3 Å². The second-order valence-corrected chi connectivity index (χ2v) is 5.41. The highest BCUT2D eigenvalue weighted by molar-refractivity contribution is 7.80. The molecule has 1 aliphatic rings. The number of methoxy groups -OCH3 is 1.